The van der Waals surface area contributed by atoms with E-state index >= 15 is 0 Å². The van der Waals surface area contributed by atoms with Crippen LogP contribution in [0.4, 0.5) is 0 Å². The van der Waals surface area contributed by atoms with Crippen molar-refractivity contribution >= 4 is 47.4 Å². The maximum absolute atomic E-state index is 13.7. The number of carbonyl (C=O) groups excluding carboxylic acids is 2. The summed E-state index contributed by atoms with van der Waals surface area (Å²) in [6.45, 7) is 4.15. The molecule has 198 valence electrons. The van der Waals surface area contributed by atoms with Gasteiger partial charge in [0.2, 0.25) is 0 Å². The third kappa shape index (κ3) is 4.87. The van der Waals surface area contributed by atoms with Crippen LogP contribution in [0.3, 0.4) is 0 Å². The van der Waals surface area contributed by atoms with Gasteiger partial charge < -0.3 is 19.5 Å². The first kappa shape index (κ1) is 27.2. The van der Waals surface area contributed by atoms with Crippen molar-refractivity contribution in [2.24, 2.45) is 17.8 Å². The zero-order valence-corrected chi connectivity index (χ0v) is 24.0. The summed E-state index contributed by atoms with van der Waals surface area (Å²) in [6, 6.07) is 10.9. The normalized spacial score (nSPS) is 25.2. The molecule has 1 fully saturated rings. The van der Waals surface area contributed by atoms with Gasteiger partial charge in [0.15, 0.2) is 23.1 Å². The summed E-state index contributed by atoms with van der Waals surface area (Å²) in [4.78, 5) is 27.1. The van der Waals surface area contributed by atoms with Crippen molar-refractivity contribution in [3.8, 4) is 11.5 Å². The Morgan fingerprint density at radius 3 is 2.58 bits per heavy atom. The van der Waals surface area contributed by atoms with Gasteiger partial charge in [-0.3, -0.25) is 9.59 Å². The minimum absolute atomic E-state index is 0.0121. The van der Waals surface area contributed by atoms with E-state index in [1.165, 1.54) is 12.7 Å². The third-order valence-electron chi connectivity index (χ3n) is 8.33. The fourth-order valence-corrected chi connectivity index (χ4v) is 7.19. The largest absolute Gasteiger partial charge is 0.504 e. The third-order valence-corrected chi connectivity index (χ3v) is 9.15. The van der Waals surface area contributed by atoms with Crippen LogP contribution in [0.15, 0.2) is 53.1 Å². The number of ketones is 2. The van der Waals surface area contributed by atoms with Crippen LogP contribution in [0.1, 0.15) is 65.8 Å². The highest BCUT2D eigenvalue weighted by Gasteiger charge is 2.52. The van der Waals surface area contributed by atoms with E-state index in [0.29, 0.717) is 36.0 Å². The Kier molecular flexibility index (Phi) is 7.85. The zero-order valence-electron chi connectivity index (χ0n) is 21.9. The van der Waals surface area contributed by atoms with Gasteiger partial charge >= 0.3 is 7.12 Å². The summed E-state index contributed by atoms with van der Waals surface area (Å²) in [5.74, 6) is -0.417. The SMILES string of the molecule is CC/C(=C\c1cc(I)c(O)c(OC)c1)CC[C@H]1OB(O)C[C@H]2C1=C(C)C[C@H]1C(=O)c3ccccc3C(=O)[C@H]12. The molecule has 1 aliphatic heterocycles. The van der Waals surface area contributed by atoms with E-state index < -0.39 is 13.0 Å². The van der Waals surface area contributed by atoms with Crippen molar-refractivity contribution in [3.63, 3.8) is 0 Å². The lowest BCUT2D eigenvalue weighted by atomic mass is 9.54. The number of benzene rings is 2. The van der Waals surface area contributed by atoms with Crippen molar-refractivity contribution in [2.45, 2.75) is 52.0 Å². The summed E-state index contributed by atoms with van der Waals surface area (Å²) in [6.07, 6.45) is 4.93. The molecule has 8 heteroatoms. The predicted molar refractivity (Wildman–Crippen MR) is 155 cm³/mol. The van der Waals surface area contributed by atoms with Gasteiger partial charge in [-0.15, -0.1) is 0 Å². The number of Topliss-reactive ketones (excluding diaryl/α,β-unsaturated/α-hetero) is 2. The van der Waals surface area contributed by atoms with E-state index in [4.69, 9.17) is 9.39 Å². The monoisotopic (exact) mass is 626 g/mol. The first-order chi connectivity index (χ1) is 18.2. The van der Waals surface area contributed by atoms with Crippen LogP contribution in [0.2, 0.25) is 6.32 Å². The lowest BCUT2D eigenvalue weighted by Crippen LogP contribution is -2.50. The Labute approximate surface area is 237 Å². The molecule has 1 saturated heterocycles. The number of phenols is 1. The number of carbonyl (C=O) groups is 2. The number of ether oxygens (including phenoxy) is 1. The van der Waals surface area contributed by atoms with Crippen molar-refractivity contribution in [1.29, 1.82) is 0 Å². The molecular weight excluding hydrogens is 594 g/mol. The number of phenolic OH excluding ortho intramolecular Hbond substituents is 1. The Morgan fingerprint density at radius 1 is 1.18 bits per heavy atom. The van der Waals surface area contributed by atoms with E-state index in [0.717, 1.165) is 33.1 Å². The molecule has 3 aliphatic rings. The van der Waals surface area contributed by atoms with Crippen LogP contribution < -0.4 is 4.74 Å². The van der Waals surface area contributed by atoms with E-state index in [1.54, 1.807) is 18.2 Å². The van der Waals surface area contributed by atoms with E-state index in [2.05, 4.69) is 35.6 Å². The number of hydrogen-bond acceptors (Lipinski definition) is 6. The number of aromatic hydroxyl groups is 1. The molecule has 5 rings (SSSR count). The van der Waals surface area contributed by atoms with Gasteiger partial charge in [-0.05, 0) is 90.7 Å². The first-order valence-electron chi connectivity index (χ1n) is 13.2. The molecule has 2 aromatic carbocycles. The van der Waals surface area contributed by atoms with Gasteiger partial charge in [0.05, 0.1) is 16.8 Å². The quantitative estimate of drug-likeness (QED) is 0.229. The molecule has 0 amide bonds. The number of rotatable bonds is 6. The van der Waals surface area contributed by atoms with Gasteiger partial charge in [0.25, 0.3) is 0 Å². The summed E-state index contributed by atoms with van der Waals surface area (Å²) in [5, 5.41) is 20.9. The van der Waals surface area contributed by atoms with Crippen molar-refractivity contribution in [3.05, 3.63) is 73.4 Å². The molecule has 0 spiro atoms. The van der Waals surface area contributed by atoms with E-state index in [-0.39, 0.29) is 35.3 Å². The molecule has 2 N–H and O–H groups in total. The molecule has 4 atom stereocenters. The molecule has 6 nitrogen and oxygen atoms in total. The van der Waals surface area contributed by atoms with Crippen LogP contribution in [0.25, 0.3) is 6.08 Å². The number of halogens is 1. The number of hydrogen-bond donors (Lipinski definition) is 2. The summed E-state index contributed by atoms with van der Waals surface area (Å²) < 4.78 is 12.1. The standard InChI is InChI=1S/C30H32BIO6/c1-4-17(12-18-13-23(32)30(35)25(14-18)37-3)9-10-24-26-16(2)11-21-27(22(26)15-31(36)38-24)29(34)20-8-6-5-7-19(20)28(21)33/h5-8,12-14,21-22,24,27,35-36H,4,9-11,15H2,1-3H3/b17-12+/t21-,22+,24-,27-/m1/s1. The molecule has 1 heterocycles. The Hall–Kier alpha value is -2.43. The highest BCUT2D eigenvalue weighted by molar-refractivity contribution is 14.1. The van der Waals surface area contributed by atoms with E-state index in [9.17, 15) is 19.7 Å². The van der Waals surface area contributed by atoms with Crippen molar-refractivity contribution in [2.75, 3.05) is 7.11 Å². The van der Waals surface area contributed by atoms with Gasteiger partial charge in [-0.25, -0.2) is 0 Å². The van der Waals surface area contributed by atoms with Crippen LogP contribution in [0, 0.1) is 21.3 Å². The molecule has 0 radical (unpaired) electrons. The summed E-state index contributed by atoms with van der Waals surface area (Å²) in [5.41, 5.74) is 5.38. The molecule has 0 unspecified atom stereocenters. The first-order valence-corrected chi connectivity index (χ1v) is 14.3. The van der Waals surface area contributed by atoms with Gasteiger partial charge in [0, 0.05) is 23.0 Å². The predicted octanol–water partition coefficient (Wildman–Crippen LogP) is 6.11. The smallest absolute Gasteiger partial charge is 0.455 e. The van der Waals surface area contributed by atoms with Gasteiger partial charge in [-0.1, -0.05) is 48.4 Å². The maximum Gasteiger partial charge on any atom is 0.455 e. The topological polar surface area (TPSA) is 93.1 Å². The minimum atomic E-state index is -0.975. The summed E-state index contributed by atoms with van der Waals surface area (Å²) in [7, 11) is 0.563. The lowest BCUT2D eigenvalue weighted by molar-refractivity contribution is 0.0601. The average Bonchev–Trinajstić information content (AvgIpc) is 2.90. The van der Waals surface area contributed by atoms with Gasteiger partial charge in [-0.2, -0.15) is 0 Å². The van der Waals surface area contributed by atoms with Crippen LogP contribution >= 0.6 is 22.6 Å². The number of allylic oxidation sites excluding steroid dienone is 2. The van der Waals surface area contributed by atoms with Crippen LogP contribution in [-0.2, 0) is 4.65 Å². The second-order valence-electron chi connectivity index (χ2n) is 10.5. The van der Waals surface area contributed by atoms with Crippen LogP contribution in [-0.4, -0.2) is 42.0 Å². The maximum atomic E-state index is 13.7. The highest BCUT2D eigenvalue weighted by atomic mass is 127. The second kappa shape index (κ2) is 11.0. The van der Waals surface area contributed by atoms with Crippen molar-refractivity contribution < 1.29 is 29.1 Å². The lowest BCUT2D eigenvalue weighted by Gasteiger charge is -2.47. The van der Waals surface area contributed by atoms with E-state index in [1.807, 2.05) is 25.1 Å². The second-order valence-corrected chi connectivity index (χ2v) is 11.7. The fourth-order valence-electron chi connectivity index (χ4n) is 6.56. The van der Waals surface area contributed by atoms with Crippen LogP contribution in [0.5, 0.6) is 11.5 Å². The Bertz CT molecular complexity index is 1350. The summed E-state index contributed by atoms with van der Waals surface area (Å²) >= 11 is 2.09. The molecule has 0 bridgehead atoms. The number of methoxy groups -OCH3 is 1. The molecule has 2 aromatic rings. The molecule has 38 heavy (non-hydrogen) atoms. The minimum Gasteiger partial charge on any atom is -0.504 e. The van der Waals surface area contributed by atoms with Crippen molar-refractivity contribution in [1.82, 2.24) is 0 Å². The fraction of sp³-hybridized carbons (Fsp3) is 0.400. The highest BCUT2D eigenvalue weighted by Crippen LogP contribution is 2.50. The zero-order chi connectivity index (χ0) is 27.1. The van der Waals surface area contributed by atoms with Gasteiger partial charge in [0.1, 0.15) is 0 Å². The molecule has 0 saturated carbocycles. The number of fused-ring (bicyclic) bond motifs is 4. The molecular formula is C30H32BIO6. The molecule has 2 aliphatic carbocycles. The Balaban J connectivity index is 1.41. The molecule has 0 aromatic heterocycles. The Morgan fingerprint density at radius 2 is 1.89 bits per heavy atom. The average molecular weight is 626 g/mol.